The SMILES string of the molecule is CCn1ccc(CNCCn2cccn2)c1. The van der Waals surface area contributed by atoms with Gasteiger partial charge in [0.1, 0.15) is 0 Å². The summed E-state index contributed by atoms with van der Waals surface area (Å²) in [5, 5.41) is 7.55. The molecule has 1 N–H and O–H groups in total. The van der Waals surface area contributed by atoms with Crippen molar-refractivity contribution in [1.29, 1.82) is 0 Å². The van der Waals surface area contributed by atoms with Crippen molar-refractivity contribution in [3.8, 4) is 0 Å². The van der Waals surface area contributed by atoms with Gasteiger partial charge in [-0.3, -0.25) is 4.68 Å². The molecule has 0 spiro atoms. The van der Waals surface area contributed by atoms with Gasteiger partial charge in [0.15, 0.2) is 0 Å². The predicted molar refractivity (Wildman–Crippen MR) is 64.0 cm³/mol. The summed E-state index contributed by atoms with van der Waals surface area (Å²) in [6.07, 6.45) is 8.09. The fourth-order valence-electron chi connectivity index (χ4n) is 1.65. The van der Waals surface area contributed by atoms with Crippen LogP contribution in [-0.4, -0.2) is 20.9 Å². The van der Waals surface area contributed by atoms with Gasteiger partial charge < -0.3 is 9.88 Å². The van der Waals surface area contributed by atoms with Crippen LogP contribution in [0.2, 0.25) is 0 Å². The molecule has 4 heteroatoms. The van der Waals surface area contributed by atoms with E-state index in [1.54, 1.807) is 6.20 Å². The van der Waals surface area contributed by atoms with Gasteiger partial charge in [0.25, 0.3) is 0 Å². The van der Waals surface area contributed by atoms with Crippen molar-refractivity contribution < 1.29 is 0 Å². The average Bonchev–Trinajstić information content (AvgIpc) is 2.95. The number of aryl methyl sites for hydroxylation is 1. The van der Waals surface area contributed by atoms with E-state index in [0.717, 1.165) is 26.2 Å². The molecule has 0 fully saturated rings. The second-order valence-electron chi connectivity index (χ2n) is 3.80. The van der Waals surface area contributed by atoms with Crippen molar-refractivity contribution >= 4 is 0 Å². The fourth-order valence-corrected chi connectivity index (χ4v) is 1.65. The van der Waals surface area contributed by atoms with E-state index in [4.69, 9.17) is 0 Å². The third kappa shape index (κ3) is 2.97. The van der Waals surface area contributed by atoms with Gasteiger partial charge in [-0.1, -0.05) is 0 Å². The van der Waals surface area contributed by atoms with Gasteiger partial charge in [-0.05, 0) is 24.6 Å². The van der Waals surface area contributed by atoms with Crippen LogP contribution >= 0.6 is 0 Å². The lowest BCUT2D eigenvalue weighted by Crippen LogP contribution is -2.19. The highest BCUT2D eigenvalue weighted by molar-refractivity contribution is 5.09. The maximum Gasteiger partial charge on any atom is 0.0534 e. The molecule has 0 aromatic carbocycles. The summed E-state index contributed by atoms with van der Waals surface area (Å²) < 4.78 is 4.12. The zero-order valence-corrected chi connectivity index (χ0v) is 9.63. The van der Waals surface area contributed by atoms with Crippen LogP contribution in [0.4, 0.5) is 0 Å². The summed E-state index contributed by atoms with van der Waals surface area (Å²) in [6, 6.07) is 4.10. The molecule has 2 rings (SSSR count). The Balaban J connectivity index is 1.68. The minimum atomic E-state index is 0.918. The molecule has 4 nitrogen and oxygen atoms in total. The lowest BCUT2D eigenvalue weighted by atomic mass is 10.3. The topological polar surface area (TPSA) is 34.8 Å². The number of rotatable bonds is 6. The third-order valence-corrected chi connectivity index (χ3v) is 2.58. The largest absolute Gasteiger partial charge is 0.354 e. The Labute approximate surface area is 95.9 Å². The highest BCUT2D eigenvalue weighted by atomic mass is 15.3. The van der Waals surface area contributed by atoms with Crippen LogP contribution in [0.3, 0.4) is 0 Å². The third-order valence-electron chi connectivity index (χ3n) is 2.58. The van der Waals surface area contributed by atoms with Crippen LogP contribution in [-0.2, 0) is 19.6 Å². The second kappa shape index (κ2) is 5.51. The van der Waals surface area contributed by atoms with Crippen molar-refractivity contribution in [3.63, 3.8) is 0 Å². The van der Waals surface area contributed by atoms with Crippen LogP contribution in [0, 0.1) is 0 Å². The maximum absolute atomic E-state index is 4.15. The Morgan fingerprint density at radius 3 is 3.00 bits per heavy atom. The smallest absolute Gasteiger partial charge is 0.0534 e. The molecule has 0 atom stereocenters. The molecule has 0 aliphatic heterocycles. The fraction of sp³-hybridized carbons (Fsp3) is 0.417. The molecular weight excluding hydrogens is 200 g/mol. The van der Waals surface area contributed by atoms with Crippen molar-refractivity contribution in [1.82, 2.24) is 19.7 Å². The van der Waals surface area contributed by atoms with E-state index in [1.807, 2.05) is 16.9 Å². The first-order chi connectivity index (χ1) is 7.88. The Morgan fingerprint density at radius 2 is 2.31 bits per heavy atom. The molecule has 86 valence electrons. The lowest BCUT2D eigenvalue weighted by molar-refractivity contribution is 0.554. The minimum Gasteiger partial charge on any atom is -0.354 e. The second-order valence-corrected chi connectivity index (χ2v) is 3.80. The van der Waals surface area contributed by atoms with Crippen molar-refractivity contribution in [3.05, 3.63) is 42.5 Å². The number of nitrogens with zero attached hydrogens (tertiary/aromatic N) is 3. The first kappa shape index (κ1) is 11.0. The minimum absolute atomic E-state index is 0.918. The first-order valence-corrected chi connectivity index (χ1v) is 5.71. The van der Waals surface area contributed by atoms with E-state index < -0.39 is 0 Å². The van der Waals surface area contributed by atoms with Crippen LogP contribution in [0.25, 0.3) is 0 Å². The molecule has 2 heterocycles. The zero-order chi connectivity index (χ0) is 11.2. The molecule has 0 aliphatic carbocycles. The van der Waals surface area contributed by atoms with Gasteiger partial charge in [0, 0.05) is 44.4 Å². The van der Waals surface area contributed by atoms with Crippen LogP contribution in [0.15, 0.2) is 36.9 Å². The van der Waals surface area contributed by atoms with Gasteiger partial charge >= 0.3 is 0 Å². The van der Waals surface area contributed by atoms with E-state index >= 15 is 0 Å². The number of aromatic nitrogens is 3. The molecule has 0 aliphatic rings. The molecule has 0 unspecified atom stereocenters. The first-order valence-electron chi connectivity index (χ1n) is 5.71. The normalized spacial score (nSPS) is 10.8. The standard InChI is InChI=1S/C12H18N4/c1-2-15-8-4-12(11-15)10-13-6-9-16-7-3-5-14-16/h3-5,7-8,11,13H,2,6,9-10H2,1H3. The van der Waals surface area contributed by atoms with Crippen molar-refractivity contribution in [2.45, 2.75) is 26.6 Å². The molecule has 16 heavy (non-hydrogen) atoms. The van der Waals surface area contributed by atoms with Gasteiger partial charge in [0.05, 0.1) is 6.54 Å². The summed E-state index contributed by atoms with van der Waals surface area (Å²) in [5.41, 5.74) is 1.34. The quantitative estimate of drug-likeness (QED) is 0.746. The highest BCUT2D eigenvalue weighted by Gasteiger charge is 1.95. The van der Waals surface area contributed by atoms with E-state index in [9.17, 15) is 0 Å². The number of hydrogen-bond donors (Lipinski definition) is 1. The summed E-state index contributed by atoms with van der Waals surface area (Å²) in [6.45, 7) is 5.97. The Kier molecular flexibility index (Phi) is 3.77. The average molecular weight is 218 g/mol. The monoisotopic (exact) mass is 218 g/mol. The summed E-state index contributed by atoms with van der Waals surface area (Å²) in [7, 11) is 0. The number of hydrogen-bond acceptors (Lipinski definition) is 2. The summed E-state index contributed by atoms with van der Waals surface area (Å²) >= 11 is 0. The van der Waals surface area contributed by atoms with Gasteiger partial charge in [-0.15, -0.1) is 0 Å². The molecule has 2 aromatic heterocycles. The Hall–Kier alpha value is -1.55. The van der Waals surface area contributed by atoms with Crippen molar-refractivity contribution in [2.24, 2.45) is 0 Å². The van der Waals surface area contributed by atoms with Crippen LogP contribution in [0.1, 0.15) is 12.5 Å². The molecule has 0 bridgehead atoms. The van der Waals surface area contributed by atoms with E-state index in [-0.39, 0.29) is 0 Å². The molecule has 2 aromatic rings. The highest BCUT2D eigenvalue weighted by Crippen LogP contribution is 2.00. The van der Waals surface area contributed by atoms with Gasteiger partial charge in [-0.2, -0.15) is 5.10 Å². The molecular formula is C12H18N4. The van der Waals surface area contributed by atoms with Crippen LogP contribution < -0.4 is 5.32 Å². The number of nitrogens with one attached hydrogen (secondary N) is 1. The van der Waals surface area contributed by atoms with E-state index in [1.165, 1.54) is 5.56 Å². The Bertz CT molecular complexity index is 402. The molecule has 0 radical (unpaired) electrons. The summed E-state index contributed by atoms with van der Waals surface area (Å²) in [5.74, 6) is 0. The van der Waals surface area contributed by atoms with Gasteiger partial charge in [-0.25, -0.2) is 0 Å². The Morgan fingerprint density at radius 1 is 1.38 bits per heavy atom. The lowest BCUT2D eigenvalue weighted by Gasteiger charge is -2.03. The van der Waals surface area contributed by atoms with E-state index in [0.29, 0.717) is 0 Å². The van der Waals surface area contributed by atoms with Crippen molar-refractivity contribution in [2.75, 3.05) is 6.54 Å². The molecule has 0 saturated carbocycles. The zero-order valence-electron chi connectivity index (χ0n) is 9.63. The molecule has 0 saturated heterocycles. The van der Waals surface area contributed by atoms with E-state index in [2.05, 4.69) is 40.4 Å². The summed E-state index contributed by atoms with van der Waals surface area (Å²) in [4.78, 5) is 0. The van der Waals surface area contributed by atoms with Crippen LogP contribution in [0.5, 0.6) is 0 Å². The van der Waals surface area contributed by atoms with Gasteiger partial charge in [0.2, 0.25) is 0 Å². The maximum atomic E-state index is 4.15. The molecule has 0 amide bonds. The predicted octanol–water partition coefficient (Wildman–Crippen LogP) is 1.49.